The third-order valence-electron chi connectivity index (χ3n) is 4.83. The molecular weight excluding hydrogens is 368 g/mol. The molecule has 0 bridgehead atoms. The number of nitrogens with one attached hydrogen (secondary N) is 1. The summed E-state index contributed by atoms with van der Waals surface area (Å²) in [5.74, 6) is 0.557. The fourth-order valence-electron chi connectivity index (χ4n) is 3.42. The van der Waals surface area contributed by atoms with Crippen LogP contribution in [0.15, 0.2) is 54.7 Å². The molecule has 0 radical (unpaired) electrons. The van der Waals surface area contributed by atoms with Gasteiger partial charge in [0.25, 0.3) is 0 Å². The first-order valence-corrected chi connectivity index (χ1v) is 9.67. The minimum absolute atomic E-state index is 0.00147. The second kappa shape index (κ2) is 8.68. The van der Waals surface area contributed by atoms with Gasteiger partial charge in [-0.05, 0) is 36.1 Å². The highest BCUT2D eigenvalue weighted by molar-refractivity contribution is 5.67. The maximum atomic E-state index is 10.8. The van der Waals surface area contributed by atoms with E-state index in [1.54, 1.807) is 12.3 Å². The molecule has 1 atom stereocenters. The lowest BCUT2D eigenvalue weighted by molar-refractivity contribution is -0.136. The zero-order valence-electron chi connectivity index (χ0n) is 15.9. The molecule has 1 aliphatic carbocycles. The molecule has 2 N–H and O–H groups in total. The van der Waals surface area contributed by atoms with E-state index in [0.717, 1.165) is 19.3 Å². The van der Waals surface area contributed by atoms with Crippen molar-refractivity contribution in [1.82, 2.24) is 15.0 Å². The molecule has 7 nitrogen and oxygen atoms in total. The Morgan fingerprint density at radius 1 is 1.14 bits per heavy atom. The Bertz CT molecular complexity index is 994. The molecule has 0 saturated carbocycles. The molecule has 1 aliphatic rings. The van der Waals surface area contributed by atoms with Crippen LogP contribution in [0.3, 0.4) is 0 Å². The van der Waals surface area contributed by atoms with Gasteiger partial charge in [0, 0.05) is 25.2 Å². The maximum Gasteiger partial charge on any atom is 0.305 e. The molecule has 1 aromatic carbocycles. The molecule has 0 spiro atoms. The van der Waals surface area contributed by atoms with E-state index in [-0.39, 0.29) is 19.1 Å². The number of carboxylic acid groups (broad SMARTS) is 1. The Hall–Kier alpha value is -3.48. The summed E-state index contributed by atoms with van der Waals surface area (Å²) >= 11 is 0. The second-order valence-corrected chi connectivity index (χ2v) is 6.95. The zero-order valence-corrected chi connectivity index (χ0v) is 15.9. The predicted molar refractivity (Wildman–Crippen MR) is 109 cm³/mol. The van der Waals surface area contributed by atoms with Crippen molar-refractivity contribution < 1.29 is 14.6 Å². The largest absolute Gasteiger partial charge is 0.481 e. The number of aromatic nitrogens is 3. The lowest BCUT2D eigenvalue weighted by atomic mass is 9.90. The molecule has 1 unspecified atom stereocenters. The van der Waals surface area contributed by atoms with Crippen molar-refractivity contribution in [2.75, 3.05) is 11.9 Å². The first-order valence-electron chi connectivity index (χ1n) is 9.67. The molecule has 2 heterocycles. The third-order valence-corrected chi connectivity index (χ3v) is 4.83. The van der Waals surface area contributed by atoms with Crippen LogP contribution in [0.25, 0.3) is 11.5 Å². The van der Waals surface area contributed by atoms with Gasteiger partial charge in [-0.2, -0.15) is 4.98 Å². The van der Waals surface area contributed by atoms with Crippen LogP contribution in [0.5, 0.6) is 5.88 Å². The highest BCUT2D eigenvalue weighted by Crippen LogP contribution is 2.26. The number of rotatable bonds is 7. The number of carbonyl (C=O) groups is 1. The fourth-order valence-corrected chi connectivity index (χ4v) is 3.42. The Labute approximate surface area is 168 Å². The van der Waals surface area contributed by atoms with Crippen LogP contribution in [-0.4, -0.2) is 38.7 Å². The Kier molecular flexibility index (Phi) is 5.65. The summed E-state index contributed by atoms with van der Waals surface area (Å²) in [4.78, 5) is 24.1. The fraction of sp³-hybridized carbons (Fsp3) is 0.273. The van der Waals surface area contributed by atoms with E-state index in [4.69, 9.17) is 9.84 Å². The average molecular weight is 390 g/mol. The smallest absolute Gasteiger partial charge is 0.305 e. The van der Waals surface area contributed by atoms with Gasteiger partial charge in [-0.25, -0.2) is 4.98 Å². The average Bonchev–Trinajstić information content (AvgIpc) is 2.74. The molecule has 0 saturated heterocycles. The molecule has 0 aliphatic heterocycles. The van der Waals surface area contributed by atoms with Gasteiger partial charge in [-0.3, -0.25) is 9.78 Å². The van der Waals surface area contributed by atoms with E-state index in [0.29, 0.717) is 23.2 Å². The van der Waals surface area contributed by atoms with E-state index in [1.165, 1.54) is 11.1 Å². The summed E-state index contributed by atoms with van der Waals surface area (Å²) in [7, 11) is 0. The van der Waals surface area contributed by atoms with Gasteiger partial charge in [-0.15, -0.1) is 0 Å². The van der Waals surface area contributed by atoms with Crippen LogP contribution in [0.4, 0.5) is 5.82 Å². The van der Waals surface area contributed by atoms with Crippen molar-refractivity contribution in [1.29, 1.82) is 0 Å². The molecule has 29 heavy (non-hydrogen) atoms. The minimum atomic E-state index is -0.867. The Morgan fingerprint density at radius 2 is 1.97 bits per heavy atom. The molecule has 4 rings (SSSR count). The van der Waals surface area contributed by atoms with Crippen molar-refractivity contribution in [3.05, 3.63) is 65.9 Å². The van der Waals surface area contributed by atoms with Gasteiger partial charge < -0.3 is 15.2 Å². The van der Waals surface area contributed by atoms with Crippen LogP contribution >= 0.6 is 0 Å². The van der Waals surface area contributed by atoms with Crippen molar-refractivity contribution in [3.63, 3.8) is 0 Å². The third kappa shape index (κ3) is 4.87. The van der Waals surface area contributed by atoms with Crippen molar-refractivity contribution >= 4 is 11.8 Å². The standard InChI is InChI=1S/C22H22N4O3/c27-21(28)10-12-24-19-14-20(26-22(25-19)18-7-3-4-11-23-18)29-17-9-8-15-5-1-2-6-16(15)13-17/h1-7,11,14,17H,8-10,12-13H2,(H,27,28)(H,24,25,26). The lowest BCUT2D eigenvalue weighted by Gasteiger charge is -2.25. The number of anilines is 1. The number of carboxylic acids is 1. The van der Waals surface area contributed by atoms with E-state index in [1.807, 2.05) is 18.2 Å². The number of hydrogen-bond acceptors (Lipinski definition) is 6. The van der Waals surface area contributed by atoms with Crippen LogP contribution < -0.4 is 10.1 Å². The number of ether oxygens (including phenoxy) is 1. The minimum Gasteiger partial charge on any atom is -0.481 e. The summed E-state index contributed by atoms with van der Waals surface area (Å²) in [6, 6.07) is 15.7. The van der Waals surface area contributed by atoms with E-state index in [2.05, 4.69) is 44.5 Å². The number of aryl methyl sites for hydroxylation is 1. The molecule has 2 aromatic heterocycles. The van der Waals surface area contributed by atoms with E-state index < -0.39 is 5.97 Å². The van der Waals surface area contributed by atoms with Gasteiger partial charge in [0.15, 0.2) is 5.82 Å². The maximum absolute atomic E-state index is 10.8. The number of fused-ring (bicyclic) bond motifs is 1. The summed E-state index contributed by atoms with van der Waals surface area (Å²) in [5, 5.41) is 11.9. The Balaban J connectivity index is 1.56. The van der Waals surface area contributed by atoms with Crippen molar-refractivity contribution in [2.24, 2.45) is 0 Å². The van der Waals surface area contributed by atoms with Gasteiger partial charge in [0.05, 0.1) is 6.42 Å². The summed E-state index contributed by atoms with van der Waals surface area (Å²) in [6.07, 6.45) is 4.44. The number of nitrogens with zero attached hydrogens (tertiary/aromatic N) is 3. The summed E-state index contributed by atoms with van der Waals surface area (Å²) in [6.45, 7) is 0.268. The van der Waals surface area contributed by atoms with Crippen LogP contribution in [0.2, 0.25) is 0 Å². The van der Waals surface area contributed by atoms with Crippen molar-refractivity contribution in [3.8, 4) is 17.4 Å². The first-order chi connectivity index (χ1) is 14.2. The van der Waals surface area contributed by atoms with Crippen molar-refractivity contribution in [2.45, 2.75) is 31.8 Å². The van der Waals surface area contributed by atoms with Gasteiger partial charge in [0.2, 0.25) is 5.88 Å². The van der Waals surface area contributed by atoms with Crippen LogP contribution in [0.1, 0.15) is 24.0 Å². The lowest BCUT2D eigenvalue weighted by Crippen LogP contribution is -2.25. The van der Waals surface area contributed by atoms with Gasteiger partial charge in [-0.1, -0.05) is 30.3 Å². The topological polar surface area (TPSA) is 97.2 Å². The summed E-state index contributed by atoms with van der Waals surface area (Å²) in [5.41, 5.74) is 3.32. The number of aliphatic carboxylic acids is 1. The molecular formula is C22H22N4O3. The molecule has 148 valence electrons. The van der Waals surface area contributed by atoms with E-state index in [9.17, 15) is 4.79 Å². The number of benzene rings is 1. The SMILES string of the molecule is O=C(O)CCNc1cc(OC2CCc3ccccc3C2)nc(-c2ccccn2)n1. The first kappa shape index (κ1) is 18.9. The van der Waals surface area contributed by atoms with Gasteiger partial charge >= 0.3 is 5.97 Å². The van der Waals surface area contributed by atoms with Crippen LogP contribution in [-0.2, 0) is 17.6 Å². The van der Waals surface area contributed by atoms with Gasteiger partial charge in [0.1, 0.15) is 17.6 Å². The number of pyridine rings is 1. The number of hydrogen-bond donors (Lipinski definition) is 2. The molecule has 3 aromatic rings. The summed E-state index contributed by atoms with van der Waals surface area (Å²) < 4.78 is 6.21. The zero-order chi connectivity index (χ0) is 20.1. The normalized spacial score (nSPS) is 15.4. The van der Waals surface area contributed by atoms with Crippen LogP contribution in [0, 0.1) is 0 Å². The quantitative estimate of drug-likeness (QED) is 0.638. The molecule has 7 heteroatoms. The Morgan fingerprint density at radius 3 is 2.76 bits per heavy atom. The second-order valence-electron chi connectivity index (χ2n) is 6.95. The van der Waals surface area contributed by atoms with E-state index >= 15 is 0 Å². The highest BCUT2D eigenvalue weighted by Gasteiger charge is 2.21. The molecule has 0 fully saturated rings. The molecule has 0 amide bonds. The predicted octanol–water partition coefficient (Wildman–Crippen LogP) is 3.36. The monoisotopic (exact) mass is 390 g/mol. The highest BCUT2D eigenvalue weighted by atomic mass is 16.5.